The highest BCUT2D eigenvalue weighted by molar-refractivity contribution is 7.80. The maximum atomic E-state index is 13.1. The minimum Gasteiger partial charge on any atom is -0.497 e. The molecule has 5 nitrogen and oxygen atoms in total. The van der Waals surface area contributed by atoms with Crippen molar-refractivity contribution in [3.8, 4) is 5.75 Å². The fourth-order valence-electron chi connectivity index (χ4n) is 2.41. The summed E-state index contributed by atoms with van der Waals surface area (Å²) in [6, 6.07) is 11.9. The van der Waals surface area contributed by atoms with Crippen LogP contribution in [0.15, 0.2) is 48.5 Å². The molecule has 0 bridgehead atoms. The molecule has 0 aliphatic heterocycles. The average molecular weight is 411 g/mol. The van der Waals surface area contributed by atoms with E-state index < -0.39 is 17.6 Å². The lowest BCUT2D eigenvalue weighted by Crippen LogP contribution is -2.40. The van der Waals surface area contributed by atoms with E-state index in [1.54, 1.807) is 43.2 Å². The van der Waals surface area contributed by atoms with Crippen LogP contribution in [-0.4, -0.2) is 36.1 Å². The third kappa shape index (κ3) is 5.85. The second-order valence-electron chi connectivity index (χ2n) is 5.76. The van der Waals surface area contributed by atoms with E-state index in [1.165, 1.54) is 18.2 Å². The van der Waals surface area contributed by atoms with Crippen molar-refractivity contribution in [3.63, 3.8) is 0 Å². The van der Waals surface area contributed by atoms with Crippen molar-refractivity contribution < 1.29 is 22.7 Å². The number of anilines is 2. The lowest BCUT2D eigenvalue weighted by atomic mass is 10.1. The van der Waals surface area contributed by atoms with Gasteiger partial charge in [0.2, 0.25) is 5.91 Å². The maximum Gasteiger partial charge on any atom is 0.418 e. The first-order valence-corrected chi connectivity index (χ1v) is 8.81. The first kappa shape index (κ1) is 21.5. The van der Waals surface area contributed by atoms with Crippen LogP contribution < -0.4 is 15.4 Å². The van der Waals surface area contributed by atoms with Crippen LogP contribution in [0.5, 0.6) is 5.75 Å². The number of nitrogens with zero attached hydrogens (tertiary/aromatic N) is 1. The molecule has 0 aromatic heterocycles. The standard InChI is InChI=1S/C19H20F3N3O2S/c1-3-25(18(28)23-13-8-10-14(27-2)11-9-13)12-17(26)24-16-7-5-4-6-15(16)19(20,21)22/h4-11H,3,12H2,1-2H3,(H,23,28)(H,24,26). The number of carbonyl (C=O) groups is 1. The number of carbonyl (C=O) groups excluding carboxylic acids is 1. The molecule has 9 heteroatoms. The molecule has 0 saturated carbocycles. The summed E-state index contributed by atoms with van der Waals surface area (Å²) in [5.41, 5.74) is -0.484. The molecule has 0 aliphatic carbocycles. The van der Waals surface area contributed by atoms with Crippen LogP contribution >= 0.6 is 12.2 Å². The van der Waals surface area contributed by atoms with Gasteiger partial charge < -0.3 is 20.3 Å². The molecule has 2 aromatic rings. The number of para-hydroxylation sites is 1. The molecule has 28 heavy (non-hydrogen) atoms. The quantitative estimate of drug-likeness (QED) is 0.692. The largest absolute Gasteiger partial charge is 0.497 e. The van der Waals surface area contributed by atoms with Gasteiger partial charge in [-0.25, -0.2) is 0 Å². The first-order valence-electron chi connectivity index (χ1n) is 8.40. The number of amides is 1. The van der Waals surface area contributed by atoms with Gasteiger partial charge in [0.05, 0.1) is 24.9 Å². The zero-order chi connectivity index (χ0) is 20.7. The van der Waals surface area contributed by atoms with Gasteiger partial charge in [-0.2, -0.15) is 13.2 Å². The summed E-state index contributed by atoms with van der Waals surface area (Å²) in [5, 5.41) is 5.59. The smallest absolute Gasteiger partial charge is 0.418 e. The molecule has 0 heterocycles. The number of likely N-dealkylation sites (N-methyl/N-ethyl adjacent to an activating group) is 1. The number of hydrogen-bond donors (Lipinski definition) is 2. The molecule has 2 aromatic carbocycles. The number of benzene rings is 2. The molecule has 0 aliphatic rings. The van der Waals surface area contributed by atoms with Crippen LogP contribution in [-0.2, 0) is 11.0 Å². The van der Waals surface area contributed by atoms with Crippen molar-refractivity contribution in [2.45, 2.75) is 13.1 Å². The minimum atomic E-state index is -4.56. The summed E-state index contributed by atoms with van der Waals surface area (Å²) < 4.78 is 44.2. The van der Waals surface area contributed by atoms with Gasteiger partial charge in [0.1, 0.15) is 5.75 Å². The zero-order valence-electron chi connectivity index (χ0n) is 15.3. The molecule has 2 rings (SSSR count). The molecule has 0 fully saturated rings. The van der Waals surface area contributed by atoms with Crippen LogP contribution in [0.1, 0.15) is 12.5 Å². The molecule has 2 N–H and O–H groups in total. The van der Waals surface area contributed by atoms with Crippen LogP contribution in [0.2, 0.25) is 0 Å². The van der Waals surface area contributed by atoms with Crippen molar-refractivity contribution in [1.82, 2.24) is 4.90 Å². The highest BCUT2D eigenvalue weighted by Crippen LogP contribution is 2.34. The molecule has 150 valence electrons. The molecular weight excluding hydrogens is 391 g/mol. The van der Waals surface area contributed by atoms with E-state index in [4.69, 9.17) is 17.0 Å². The van der Waals surface area contributed by atoms with Crippen molar-refractivity contribution in [2.24, 2.45) is 0 Å². The van der Waals surface area contributed by atoms with Gasteiger partial charge in [-0.3, -0.25) is 4.79 Å². The summed E-state index contributed by atoms with van der Waals surface area (Å²) in [4.78, 5) is 13.8. The van der Waals surface area contributed by atoms with E-state index in [9.17, 15) is 18.0 Å². The van der Waals surface area contributed by atoms with E-state index in [0.717, 1.165) is 6.07 Å². The van der Waals surface area contributed by atoms with E-state index in [0.29, 0.717) is 18.0 Å². The second-order valence-corrected chi connectivity index (χ2v) is 6.15. The number of thiocarbonyl (C=S) groups is 1. The monoisotopic (exact) mass is 411 g/mol. The normalized spacial score (nSPS) is 10.9. The lowest BCUT2D eigenvalue weighted by Gasteiger charge is -2.24. The van der Waals surface area contributed by atoms with Gasteiger partial charge in [-0.05, 0) is 55.5 Å². The number of alkyl halides is 3. The van der Waals surface area contributed by atoms with Crippen LogP contribution in [0.4, 0.5) is 24.5 Å². The molecule has 1 amide bonds. The first-order chi connectivity index (χ1) is 13.2. The predicted molar refractivity (Wildman–Crippen MR) is 107 cm³/mol. The summed E-state index contributed by atoms with van der Waals surface area (Å²) in [7, 11) is 1.56. The number of halogens is 3. The summed E-state index contributed by atoms with van der Waals surface area (Å²) >= 11 is 5.31. The van der Waals surface area contributed by atoms with Gasteiger partial charge in [-0.15, -0.1) is 0 Å². The second kappa shape index (κ2) is 9.41. The van der Waals surface area contributed by atoms with Crippen molar-refractivity contribution >= 4 is 34.6 Å². The summed E-state index contributed by atoms with van der Waals surface area (Å²) in [5.74, 6) is 0.0870. The Kier molecular flexibility index (Phi) is 7.22. The van der Waals surface area contributed by atoms with Gasteiger partial charge >= 0.3 is 6.18 Å². The van der Waals surface area contributed by atoms with Crippen LogP contribution in [0, 0.1) is 0 Å². The molecule has 0 saturated heterocycles. The highest BCUT2D eigenvalue weighted by Gasteiger charge is 2.33. The van der Waals surface area contributed by atoms with Gasteiger partial charge in [0, 0.05) is 12.2 Å². The Bertz CT molecular complexity index is 826. The van der Waals surface area contributed by atoms with Gasteiger partial charge in [0.25, 0.3) is 0 Å². The predicted octanol–water partition coefficient (Wildman–Crippen LogP) is 4.37. The Morgan fingerprint density at radius 2 is 1.75 bits per heavy atom. The van der Waals surface area contributed by atoms with Crippen LogP contribution in [0.25, 0.3) is 0 Å². The lowest BCUT2D eigenvalue weighted by molar-refractivity contribution is -0.137. The van der Waals surface area contributed by atoms with E-state index in [-0.39, 0.29) is 17.3 Å². The number of hydrogen-bond acceptors (Lipinski definition) is 3. The topological polar surface area (TPSA) is 53.6 Å². The Morgan fingerprint density at radius 3 is 2.32 bits per heavy atom. The van der Waals surface area contributed by atoms with E-state index in [2.05, 4.69) is 10.6 Å². The van der Waals surface area contributed by atoms with E-state index >= 15 is 0 Å². The summed E-state index contributed by atoms with van der Waals surface area (Å²) in [6.07, 6.45) is -4.56. The Hall–Kier alpha value is -2.81. The van der Waals surface area contributed by atoms with Gasteiger partial charge in [0.15, 0.2) is 5.11 Å². The third-order valence-corrected chi connectivity index (χ3v) is 4.21. The fraction of sp³-hybridized carbons (Fsp3) is 0.263. The zero-order valence-corrected chi connectivity index (χ0v) is 16.2. The Morgan fingerprint density at radius 1 is 1.11 bits per heavy atom. The van der Waals surface area contributed by atoms with Crippen molar-refractivity contribution in [2.75, 3.05) is 30.8 Å². The van der Waals surface area contributed by atoms with Gasteiger partial charge in [-0.1, -0.05) is 12.1 Å². The SMILES string of the molecule is CCN(CC(=O)Nc1ccccc1C(F)(F)F)C(=S)Nc1ccc(OC)cc1. The third-order valence-electron chi connectivity index (χ3n) is 3.85. The highest BCUT2D eigenvalue weighted by atomic mass is 32.1. The Balaban J connectivity index is 2.02. The average Bonchev–Trinajstić information content (AvgIpc) is 2.66. The number of ether oxygens (including phenoxy) is 1. The Labute approximate surface area is 166 Å². The molecule has 0 radical (unpaired) electrons. The number of nitrogens with one attached hydrogen (secondary N) is 2. The van der Waals surface area contributed by atoms with Crippen LogP contribution in [0.3, 0.4) is 0 Å². The molecule has 0 atom stereocenters. The molecular formula is C19H20F3N3O2S. The minimum absolute atomic E-state index is 0.190. The molecule has 0 unspecified atom stereocenters. The molecule has 0 spiro atoms. The van der Waals surface area contributed by atoms with Crippen molar-refractivity contribution in [1.29, 1.82) is 0 Å². The number of rotatable bonds is 6. The fourth-order valence-corrected chi connectivity index (χ4v) is 2.72. The number of methoxy groups -OCH3 is 1. The van der Waals surface area contributed by atoms with E-state index in [1.807, 2.05) is 0 Å². The van der Waals surface area contributed by atoms with Crippen molar-refractivity contribution in [3.05, 3.63) is 54.1 Å². The summed E-state index contributed by atoms with van der Waals surface area (Å²) in [6.45, 7) is 2.00. The maximum absolute atomic E-state index is 13.1.